The molecule has 0 aliphatic rings. The number of carbonyl (C=O) groups excluding carboxylic acids is 1. The predicted molar refractivity (Wildman–Crippen MR) is 74.3 cm³/mol. The van der Waals surface area contributed by atoms with Crippen LogP contribution in [0.25, 0.3) is 0 Å². The molecule has 2 rings (SSSR count). The Balaban J connectivity index is 2.00. The Labute approximate surface area is 123 Å². The zero-order valence-electron chi connectivity index (χ0n) is 10.9. The number of benzene rings is 1. The number of rotatable bonds is 5. The monoisotopic (exact) mass is 310 g/mol. The highest BCUT2D eigenvalue weighted by molar-refractivity contribution is 7.11. The number of anilines is 1. The number of aromatic nitrogens is 1. The molecule has 21 heavy (non-hydrogen) atoms. The van der Waals surface area contributed by atoms with Crippen molar-refractivity contribution in [1.82, 2.24) is 4.37 Å². The Hall–Kier alpha value is -2.48. The zero-order chi connectivity index (χ0) is 15.4. The largest absolute Gasteiger partial charge is 0.481 e. The highest BCUT2D eigenvalue weighted by atomic mass is 32.1. The fourth-order valence-electron chi connectivity index (χ4n) is 1.57. The molecule has 8 heteroatoms. The van der Waals surface area contributed by atoms with Crippen molar-refractivity contribution in [2.75, 3.05) is 11.9 Å². The van der Waals surface area contributed by atoms with E-state index in [0.717, 1.165) is 11.5 Å². The molecule has 1 heterocycles. The number of carboxylic acid groups (broad SMARTS) is 1. The fourth-order valence-corrected chi connectivity index (χ4v) is 2.38. The highest BCUT2D eigenvalue weighted by Crippen LogP contribution is 2.24. The summed E-state index contributed by atoms with van der Waals surface area (Å²) >= 11 is 0.865. The van der Waals surface area contributed by atoms with Gasteiger partial charge in [0, 0.05) is 0 Å². The van der Waals surface area contributed by atoms with Crippen LogP contribution in [0.2, 0.25) is 0 Å². The van der Waals surface area contributed by atoms with E-state index in [9.17, 15) is 14.0 Å². The van der Waals surface area contributed by atoms with Gasteiger partial charge in [0.05, 0.1) is 5.69 Å². The molecule has 0 bridgehead atoms. The number of carboxylic acids is 1. The Morgan fingerprint density at radius 1 is 1.43 bits per heavy atom. The third-order valence-corrected chi connectivity index (χ3v) is 3.38. The molecular weight excluding hydrogens is 299 g/mol. The van der Waals surface area contributed by atoms with Crippen molar-refractivity contribution in [3.8, 4) is 5.75 Å². The third kappa shape index (κ3) is 3.54. The van der Waals surface area contributed by atoms with Crippen molar-refractivity contribution < 1.29 is 23.8 Å². The van der Waals surface area contributed by atoms with Crippen LogP contribution in [0.5, 0.6) is 5.75 Å². The van der Waals surface area contributed by atoms with Crippen LogP contribution in [0, 0.1) is 12.7 Å². The van der Waals surface area contributed by atoms with Crippen LogP contribution >= 0.6 is 11.5 Å². The SMILES string of the molecule is Cc1nsc(NC(=O)COc2ccccc2F)c1C(=O)O. The Morgan fingerprint density at radius 3 is 2.81 bits per heavy atom. The van der Waals surface area contributed by atoms with Crippen LogP contribution in [0.15, 0.2) is 24.3 Å². The summed E-state index contributed by atoms with van der Waals surface area (Å²) in [5.41, 5.74) is 0.261. The molecule has 0 radical (unpaired) electrons. The minimum absolute atomic E-state index is 0.0495. The highest BCUT2D eigenvalue weighted by Gasteiger charge is 2.19. The fraction of sp³-hybridized carbons (Fsp3) is 0.154. The number of para-hydroxylation sites is 1. The molecular formula is C13H11FN2O4S. The summed E-state index contributed by atoms with van der Waals surface area (Å²) in [6.07, 6.45) is 0. The maximum Gasteiger partial charge on any atom is 0.340 e. The van der Waals surface area contributed by atoms with Gasteiger partial charge in [-0.05, 0) is 30.6 Å². The van der Waals surface area contributed by atoms with Crippen molar-refractivity contribution in [3.63, 3.8) is 0 Å². The number of carbonyl (C=O) groups is 2. The molecule has 0 saturated carbocycles. The van der Waals surface area contributed by atoms with Crippen molar-refractivity contribution >= 4 is 28.4 Å². The summed E-state index contributed by atoms with van der Waals surface area (Å²) in [5.74, 6) is -2.40. The number of halogens is 1. The van der Waals surface area contributed by atoms with Crippen LogP contribution in [-0.2, 0) is 4.79 Å². The van der Waals surface area contributed by atoms with Crippen molar-refractivity contribution in [1.29, 1.82) is 0 Å². The van der Waals surface area contributed by atoms with Gasteiger partial charge >= 0.3 is 5.97 Å². The molecule has 0 atom stereocenters. The summed E-state index contributed by atoms with van der Waals surface area (Å²) in [4.78, 5) is 22.8. The van der Waals surface area contributed by atoms with Crippen molar-refractivity contribution in [2.45, 2.75) is 6.92 Å². The van der Waals surface area contributed by atoms with Crippen LogP contribution in [0.3, 0.4) is 0 Å². The second-order valence-corrected chi connectivity index (χ2v) is 4.82. The van der Waals surface area contributed by atoms with Gasteiger partial charge in [0.2, 0.25) is 0 Å². The molecule has 0 unspecified atom stereocenters. The van der Waals surface area contributed by atoms with E-state index < -0.39 is 24.3 Å². The van der Waals surface area contributed by atoms with Crippen LogP contribution in [0.4, 0.5) is 9.39 Å². The van der Waals surface area contributed by atoms with Gasteiger partial charge in [-0.1, -0.05) is 12.1 Å². The van der Waals surface area contributed by atoms with Gasteiger partial charge in [-0.3, -0.25) is 4.79 Å². The molecule has 0 saturated heterocycles. The van der Waals surface area contributed by atoms with E-state index in [2.05, 4.69) is 9.69 Å². The second kappa shape index (κ2) is 6.31. The van der Waals surface area contributed by atoms with Crippen LogP contribution in [-0.4, -0.2) is 28.0 Å². The minimum Gasteiger partial charge on any atom is -0.481 e. The maximum atomic E-state index is 13.3. The lowest BCUT2D eigenvalue weighted by Crippen LogP contribution is -2.21. The number of hydrogen-bond acceptors (Lipinski definition) is 5. The lowest BCUT2D eigenvalue weighted by Gasteiger charge is -2.07. The number of aromatic carboxylic acids is 1. The van der Waals surface area contributed by atoms with E-state index in [-0.39, 0.29) is 16.3 Å². The normalized spacial score (nSPS) is 10.2. The van der Waals surface area contributed by atoms with Gasteiger partial charge in [-0.25, -0.2) is 9.18 Å². The molecule has 1 aromatic heterocycles. The first kappa shape index (κ1) is 14.9. The molecule has 1 amide bonds. The summed E-state index contributed by atoms with van der Waals surface area (Å²) in [6, 6.07) is 5.68. The van der Waals surface area contributed by atoms with E-state index in [1.165, 1.54) is 25.1 Å². The first-order valence-corrected chi connectivity index (χ1v) is 6.63. The Kier molecular flexibility index (Phi) is 4.49. The molecule has 0 aliphatic heterocycles. The zero-order valence-corrected chi connectivity index (χ0v) is 11.7. The number of ether oxygens (including phenoxy) is 1. The van der Waals surface area contributed by atoms with Gasteiger partial charge < -0.3 is 15.2 Å². The number of aryl methyl sites for hydroxylation is 1. The molecule has 2 N–H and O–H groups in total. The minimum atomic E-state index is -1.17. The van der Waals surface area contributed by atoms with E-state index in [0.29, 0.717) is 5.69 Å². The maximum absolute atomic E-state index is 13.3. The molecule has 6 nitrogen and oxygen atoms in total. The Bertz CT molecular complexity index is 687. The molecule has 1 aromatic carbocycles. The summed E-state index contributed by atoms with van der Waals surface area (Å²) in [6.45, 7) is 1.10. The molecule has 110 valence electrons. The van der Waals surface area contributed by atoms with Gasteiger partial charge in [0.1, 0.15) is 10.6 Å². The van der Waals surface area contributed by atoms with Gasteiger partial charge in [0.15, 0.2) is 18.2 Å². The quantitative estimate of drug-likeness (QED) is 0.884. The first-order valence-electron chi connectivity index (χ1n) is 5.85. The molecule has 0 spiro atoms. The lowest BCUT2D eigenvalue weighted by atomic mass is 10.2. The van der Waals surface area contributed by atoms with E-state index >= 15 is 0 Å². The molecule has 0 aliphatic carbocycles. The smallest absolute Gasteiger partial charge is 0.340 e. The number of nitrogens with one attached hydrogen (secondary N) is 1. The van der Waals surface area contributed by atoms with E-state index in [1.807, 2.05) is 0 Å². The standard InChI is InChI=1S/C13H11FN2O4S/c1-7-11(13(18)19)12(21-16-7)15-10(17)6-20-9-5-3-2-4-8(9)14/h2-5H,6H2,1H3,(H,15,17)(H,18,19). The Morgan fingerprint density at radius 2 is 2.14 bits per heavy atom. The second-order valence-electron chi connectivity index (χ2n) is 4.04. The summed E-state index contributed by atoms with van der Waals surface area (Å²) < 4.78 is 22.2. The van der Waals surface area contributed by atoms with Gasteiger partial charge in [0.25, 0.3) is 5.91 Å². The van der Waals surface area contributed by atoms with Gasteiger partial charge in [-0.15, -0.1) is 0 Å². The van der Waals surface area contributed by atoms with Crippen LogP contribution < -0.4 is 10.1 Å². The van der Waals surface area contributed by atoms with E-state index in [1.54, 1.807) is 6.07 Å². The molecule has 2 aromatic rings. The van der Waals surface area contributed by atoms with E-state index in [4.69, 9.17) is 9.84 Å². The number of amides is 1. The third-order valence-electron chi connectivity index (χ3n) is 2.52. The predicted octanol–water partition coefficient (Wildman–Crippen LogP) is 2.31. The summed E-state index contributed by atoms with van der Waals surface area (Å²) in [5, 5.41) is 11.5. The average molecular weight is 310 g/mol. The first-order chi connectivity index (χ1) is 9.99. The van der Waals surface area contributed by atoms with Crippen molar-refractivity contribution in [2.24, 2.45) is 0 Å². The van der Waals surface area contributed by atoms with Gasteiger partial charge in [-0.2, -0.15) is 4.37 Å². The van der Waals surface area contributed by atoms with Crippen molar-refractivity contribution in [3.05, 3.63) is 41.3 Å². The number of nitrogens with zero attached hydrogens (tertiary/aromatic N) is 1. The lowest BCUT2D eigenvalue weighted by molar-refractivity contribution is -0.118. The average Bonchev–Trinajstić information content (AvgIpc) is 2.79. The van der Waals surface area contributed by atoms with Crippen LogP contribution in [0.1, 0.15) is 16.1 Å². The topological polar surface area (TPSA) is 88.5 Å². The summed E-state index contributed by atoms with van der Waals surface area (Å²) in [7, 11) is 0. The number of hydrogen-bond donors (Lipinski definition) is 2. The molecule has 0 fully saturated rings.